The molecule has 1 aromatic rings. The van der Waals surface area contributed by atoms with E-state index in [0.717, 1.165) is 82.2 Å². The van der Waals surface area contributed by atoms with E-state index in [0.29, 0.717) is 12.5 Å². The summed E-state index contributed by atoms with van der Waals surface area (Å²) < 4.78 is 17.2. The van der Waals surface area contributed by atoms with Crippen LogP contribution in [0.1, 0.15) is 43.7 Å². The van der Waals surface area contributed by atoms with Gasteiger partial charge in [-0.1, -0.05) is 12.1 Å². The van der Waals surface area contributed by atoms with Gasteiger partial charge in [-0.15, -0.1) is 0 Å². The summed E-state index contributed by atoms with van der Waals surface area (Å²) in [6.45, 7) is 10.6. The number of hydrogen-bond donors (Lipinski definition) is 2. The number of benzene rings is 1. The third-order valence-corrected chi connectivity index (χ3v) is 5.28. The first-order chi connectivity index (χ1) is 14.2. The zero-order valence-electron chi connectivity index (χ0n) is 18.0. The van der Waals surface area contributed by atoms with Gasteiger partial charge in [-0.25, -0.2) is 4.99 Å². The van der Waals surface area contributed by atoms with E-state index in [1.165, 1.54) is 18.4 Å². The highest BCUT2D eigenvalue weighted by Gasteiger charge is 2.22. The summed E-state index contributed by atoms with van der Waals surface area (Å²) in [5, 5.41) is 6.72. The van der Waals surface area contributed by atoms with Gasteiger partial charge in [0.15, 0.2) is 5.96 Å². The van der Waals surface area contributed by atoms with Crippen molar-refractivity contribution in [1.29, 1.82) is 0 Å². The molecule has 1 aromatic carbocycles. The molecule has 1 aliphatic heterocycles. The summed E-state index contributed by atoms with van der Waals surface area (Å²) in [5.41, 5.74) is 2.35. The second-order valence-corrected chi connectivity index (χ2v) is 8.15. The Morgan fingerprint density at radius 3 is 2.83 bits per heavy atom. The first-order valence-corrected chi connectivity index (χ1v) is 11.1. The van der Waals surface area contributed by atoms with Crippen LogP contribution >= 0.6 is 0 Å². The molecule has 0 aromatic heterocycles. The third-order valence-electron chi connectivity index (χ3n) is 5.28. The molecule has 1 aliphatic carbocycles. The first kappa shape index (κ1) is 21.9. The molecule has 6 nitrogen and oxygen atoms in total. The Hall–Kier alpha value is -1.79. The second-order valence-electron chi connectivity index (χ2n) is 8.15. The van der Waals surface area contributed by atoms with Gasteiger partial charge in [-0.2, -0.15) is 0 Å². The van der Waals surface area contributed by atoms with Crippen LogP contribution in [0.15, 0.2) is 23.2 Å². The Morgan fingerprint density at radius 2 is 2.07 bits per heavy atom. The topological polar surface area (TPSA) is 64.1 Å². The minimum absolute atomic E-state index is 0.577. The quantitative estimate of drug-likeness (QED) is 0.319. The van der Waals surface area contributed by atoms with Crippen molar-refractivity contribution in [2.75, 3.05) is 46.1 Å². The molecule has 1 atom stereocenters. The zero-order valence-corrected chi connectivity index (χ0v) is 18.0. The Morgan fingerprint density at radius 1 is 1.17 bits per heavy atom. The maximum Gasteiger partial charge on any atom is 0.191 e. The SMILES string of the molecule is CCNC(=NCc1ccc(C)cc1OCC1CC1)NCCCOCC1CCOC1. The number of nitrogens with zero attached hydrogens (tertiary/aromatic N) is 1. The molecule has 1 unspecified atom stereocenters. The fourth-order valence-corrected chi connectivity index (χ4v) is 3.27. The molecule has 0 radical (unpaired) electrons. The maximum atomic E-state index is 6.07. The third kappa shape index (κ3) is 8.23. The lowest BCUT2D eigenvalue weighted by atomic mass is 10.1. The van der Waals surface area contributed by atoms with E-state index in [1.807, 2.05) is 0 Å². The van der Waals surface area contributed by atoms with Crippen LogP contribution in [0.3, 0.4) is 0 Å². The Labute approximate surface area is 175 Å². The lowest BCUT2D eigenvalue weighted by Crippen LogP contribution is -2.38. The lowest BCUT2D eigenvalue weighted by Gasteiger charge is -2.14. The highest BCUT2D eigenvalue weighted by atomic mass is 16.5. The average Bonchev–Trinajstić information content (AvgIpc) is 3.41. The summed E-state index contributed by atoms with van der Waals surface area (Å²) in [7, 11) is 0. The van der Waals surface area contributed by atoms with Crippen molar-refractivity contribution in [2.45, 2.75) is 46.1 Å². The highest BCUT2D eigenvalue weighted by molar-refractivity contribution is 5.79. The van der Waals surface area contributed by atoms with Crippen molar-refractivity contribution in [3.8, 4) is 5.75 Å². The average molecular weight is 404 g/mol. The van der Waals surface area contributed by atoms with Crippen LogP contribution in [0.4, 0.5) is 0 Å². The molecule has 29 heavy (non-hydrogen) atoms. The molecule has 1 heterocycles. The Balaban J connectivity index is 1.41. The minimum Gasteiger partial charge on any atom is -0.493 e. The number of guanidine groups is 1. The van der Waals surface area contributed by atoms with E-state index in [-0.39, 0.29) is 0 Å². The van der Waals surface area contributed by atoms with Crippen LogP contribution in [0.5, 0.6) is 5.75 Å². The summed E-state index contributed by atoms with van der Waals surface area (Å²) in [6, 6.07) is 6.38. The highest BCUT2D eigenvalue weighted by Crippen LogP contribution is 2.30. The van der Waals surface area contributed by atoms with E-state index in [2.05, 4.69) is 42.7 Å². The molecule has 1 saturated heterocycles. The number of rotatable bonds is 12. The maximum absolute atomic E-state index is 6.07. The number of ether oxygens (including phenoxy) is 3. The van der Waals surface area contributed by atoms with E-state index >= 15 is 0 Å². The molecule has 0 amide bonds. The molecule has 1 saturated carbocycles. The molecule has 0 spiro atoms. The van der Waals surface area contributed by atoms with Gasteiger partial charge in [0.2, 0.25) is 0 Å². The standard InChI is InChI=1S/C23H37N3O3/c1-3-24-23(25-10-4-11-27-15-20-9-12-28-16-20)26-14-21-8-5-18(2)13-22(21)29-17-19-6-7-19/h5,8,13,19-20H,3-4,6-7,9-12,14-17H2,1-2H3,(H2,24,25,26). The fraction of sp³-hybridized carbons (Fsp3) is 0.696. The summed E-state index contributed by atoms with van der Waals surface area (Å²) >= 11 is 0. The summed E-state index contributed by atoms with van der Waals surface area (Å²) in [6.07, 6.45) is 4.68. The van der Waals surface area contributed by atoms with Gasteiger partial charge in [0, 0.05) is 37.8 Å². The van der Waals surface area contributed by atoms with Gasteiger partial charge in [-0.05, 0) is 57.1 Å². The smallest absolute Gasteiger partial charge is 0.191 e. The number of aryl methyl sites for hydroxylation is 1. The van der Waals surface area contributed by atoms with Crippen LogP contribution in [0.25, 0.3) is 0 Å². The number of nitrogens with one attached hydrogen (secondary N) is 2. The molecule has 162 valence electrons. The second kappa shape index (κ2) is 12.0. The van der Waals surface area contributed by atoms with Crippen molar-refractivity contribution in [3.05, 3.63) is 29.3 Å². The van der Waals surface area contributed by atoms with Crippen molar-refractivity contribution < 1.29 is 14.2 Å². The van der Waals surface area contributed by atoms with Crippen LogP contribution in [0.2, 0.25) is 0 Å². The molecule has 3 rings (SSSR count). The molecule has 2 aliphatic rings. The molecule has 6 heteroatoms. The Kier molecular flexibility index (Phi) is 9.09. The van der Waals surface area contributed by atoms with Crippen molar-refractivity contribution in [3.63, 3.8) is 0 Å². The summed E-state index contributed by atoms with van der Waals surface area (Å²) in [5.74, 6) is 3.13. The van der Waals surface area contributed by atoms with E-state index in [4.69, 9.17) is 19.2 Å². The summed E-state index contributed by atoms with van der Waals surface area (Å²) in [4.78, 5) is 4.75. The van der Waals surface area contributed by atoms with Crippen molar-refractivity contribution in [1.82, 2.24) is 10.6 Å². The van der Waals surface area contributed by atoms with Gasteiger partial charge < -0.3 is 24.8 Å². The predicted octanol–water partition coefficient (Wildman–Crippen LogP) is 3.28. The molecule has 2 N–H and O–H groups in total. The fourth-order valence-electron chi connectivity index (χ4n) is 3.27. The normalized spacial score (nSPS) is 19.4. The van der Waals surface area contributed by atoms with E-state index < -0.39 is 0 Å². The van der Waals surface area contributed by atoms with E-state index in [9.17, 15) is 0 Å². The predicted molar refractivity (Wildman–Crippen MR) is 117 cm³/mol. The molecular formula is C23H37N3O3. The van der Waals surface area contributed by atoms with Gasteiger partial charge in [0.05, 0.1) is 26.4 Å². The number of hydrogen-bond acceptors (Lipinski definition) is 4. The van der Waals surface area contributed by atoms with Gasteiger partial charge in [-0.3, -0.25) is 0 Å². The molecule has 2 fully saturated rings. The van der Waals surface area contributed by atoms with Crippen molar-refractivity contribution in [2.24, 2.45) is 16.8 Å². The number of aliphatic imine (C=N–C) groups is 1. The zero-order chi connectivity index (χ0) is 20.3. The van der Waals surface area contributed by atoms with Crippen LogP contribution in [-0.4, -0.2) is 52.1 Å². The van der Waals surface area contributed by atoms with Crippen LogP contribution < -0.4 is 15.4 Å². The van der Waals surface area contributed by atoms with Gasteiger partial charge >= 0.3 is 0 Å². The lowest BCUT2D eigenvalue weighted by molar-refractivity contribution is 0.0888. The largest absolute Gasteiger partial charge is 0.493 e. The molecule has 0 bridgehead atoms. The molecular weight excluding hydrogens is 366 g/mol. The first-order valence-electron chi connectivity index (χ1n) is 11.1. The monoisotopic (exact) mass is 403 g/mol. The van der Waals surface area contributed by atoms with Crippen LogP contribution in [-0.2, 0) is 16.0 Å². The van der Waals surface area contributed by atoms with E-state index in [1.54, 1.807) is 0 Å². The van der Waals surface area contributed by atoms with Gasteiger partial charge in [0.1, 0.15) is 5.75 Å². The van der Waals surface area contributed by atoms with Crippen molar-refractivity contribution >= 4 is 5.96 Å². The van der Waals surface area contributed by atoms with Gasteiger partial charge in [0.25, 0.3) is 0 Å². The van der Waals surface area contributed by atoms with Crippen LogP contribution in [0, 0.1) is 18.8 Å². The minimum atomic E-state index is 0.577. The Bertz CT molecular complexity index is 640.